The molecule has 7 nitrogen and oxygen atoms in total. The van der Waals surface area contributed by atoms with Gasteiger partial charge in [-0.15, -0.1) is 0 Å². The second kappa shape index (κ2) is 8.37. The topological polar surface area (TPSA) is 115 Å². The molecule has 2 bridgehead atoms. The van der Waals surface area contributed by atoms with Crippen LogP contribution in [0.2, 0.25) is 0 Å². The minimum absolute atomic E-state index is 0.0536. The fourth-order valence-corrected chi connectivity index (χ4v) is 5.69. The van der Waals surface area contributed by atoms with E-state index in [-0.39, 0.29) is 29.7 Å². The number of primary amides is 1. The molecule has 6 N–H and O–H groups in total. The first-order valence-corrected chi connectivity index (χ1v) is 11.5. The number of anilines is 4. The summed E-state index contributed by atoms with van der Waals surface area (Å²) in [4.78, 5) is 16.6. The number of carbonyl (C=O) groups excluding carboxylic acids is 1. The summed E-state index contributed by atoms with van der Waals surface area (Å²) in [5.41, 5.74) is 16.8. The molecule has 1 aromatic heterocycles. The number of allylic oxidation sites excluding steroid dienone is 1. The second-order valence-electron chi connectivity index (χ2n) is 9.17. The Morgan fingerprint density at radius 1 is 1.12 bits per heavy atom. The molecule has 168 valence electrons. The van der Waals surface area contributed by atoms with Crippen LogP contribution in [0, 0.1) is 17.8 Å². The predicted molar refractivity (Wildman–Crippen MR) is 127 cm³/mol. The highest BCUT2D eigenvalue weighted by Crippen LogP contribution is 2.45. The van der Waals surface area contributed by atoms with Gasteiger partial charge in [-0.3, -0.25) is 4.79 Å². The van der Waals surface area contributed by atoms with Crippen LogP contribution in [0.5, 0.6) is 5.75 Å². The van der Waals surface area contributed by atoms with Crippen LogP contribution in [-0.4, -0.2) is 24.0 Å². The van der Waals surface area contributed by atoms with E-state index in [0.29, 0.717) is 11.5 Å². The number of pyridine rings is 1. The number of aromatic nitrogens is 1. The van der Waals surface area contributed by atoms with Gasteiger partial charge in [-0.1, -0.05) is 24.6 Å². The first-order valence-electron chi connectivity index (χ1n) is 11.5. The molecule has 0 spiro atoms. The average molecular weight is 434 g/mol. The van der Waals surface area contributed by atoms with Crippen molar-refractivity contribution in [3.8, 4) is 5.75 Å². The normalized spacial score (nSPS) is 25.8. The number of aryl methyl sites for hydroxylation is 1. The van der Waals surface area contributed by atoms with Crippen molar-refractivity contribution in [2.45, 2.75) is 44.6 Å². The molecule has 1 heterocycles. The average Bonchev–Trinajstić information content (AvgIpc) is 3.30. The summed E-state index contributed by atoms with van der Waals surface area (Å²) >= 11 is 0. The summed E-state index contributed by atoms with van der Waals surface area (Å²) in [6, 6.07) is 6.11. The van der Waals surface area contributed by atoms with Gasteiger partial charge in [-0.05, 0) is 61.1 Å². The van der Waals surface area contributed by atoms with Crippen LogP contribution in [0.15, 0.2) is 36.5 Å². The summed E-state index contributed by atoms with van der Waals surface area (Å²) in [6.07, 6.45) is 12.7. The highest BCUT2D eigenvalue weighted by molar-refractivity contribution is 5.81. The Balaban J connectivity index is 1.41. The molecule has 1 amide bonds. The van der Waals surface area contributed by atoms with Gasteiger partial charge in [0.2, 0.25) is 5.91 Å². The number of carbonyl (C=O) groups is 1. The molecule has 3 aliphatic carbocycles. The fraction of sp³-hybridized carbons (Fsp3) is 0.440. The number of hydrogen-bond donors (Lipinski definition) is 4. The van der Waals surface area contributed by atoms with E-state index in [4.69, 9.17) is 16.2 Å². The fourth-order valence-electron chi connectivity index (χ4n) is 5.69. The van der Waals surface area contributed by atoms with Gasteiger partial charge in [0, 0.05) is 12.1 Å². The zero-order valence-electron chi connectivity index (χ0n) is 18.4. The smallest absolute Gasteiger partial charge is 0.223 e. The number of hydrogen-bond acceptors (Lipinski definition) is 6. The van der Waals surface area contributed by atoms with Gasteiger partial charge in [0.05, 0.1) is 36.3 Å². The third-order valence-corrected chi connectivity index (χ3v) is 7.24. The number of nitrogens with one attached hydrogen (secondary N) is 2. The summed E-state index contributed by atoms with van der Waals surface area (Å²) in [7, 11) is 1.72. The number of ether oxygens (including phenoxy) is 1. The van der Waals surface area contributed by atoms with E-state index in [1.807, 2.05) is 6.07 Å². The Morgan fingerprint density at radius 2 is 1.94 bits per heavy atom. The molecular formula is C25H31N5O2. The Bertz CT molecular complexity index is 1070. The predicted octanol–water partition coefficient (Wildman–Crippen LogP) is 3.77. The molecular weight excluding hydrogens is 402 g/mol. The quantitative estimate of drug-likeness (QED) is 0.407. The van der Waals surface area contributed by atoms with Gasteiger partial charge in [0.25, 0.3) is 0 Å². The van der Waals surface area contributed by atoms with E-state index in [0.717, 1.165) is 36.4 Å². The van der Waals surface area contributed by atoms with Gasteiger partial charge in [0.1, 0.15) is 11.6 Å². The minimum Gasteiger partial charge on any atom is -0.494 e. The largest absolute Gasteiger partial charge is 0.494 e. The second-order valence-corrected chi connectivity index (χ2v) is 9.17. The first kappa shape index (κ1) is 20.7. The van der Waals surface area contributed by atoms with E-state index >= 15 is 0 Å². The summed E-state index contributed by atoms with van der Waals surface area (Å²) < 4.78 is 5.82. The van der Waals surface area contributed by atoms with Crippen LogP contribution in [-0.2, 0) is 17.6 Å². The molecule has 5 rings (SSSR count). The zero-order chi connectivity index (χ0) is 22.2. The lowest BCUT2D eigenvalue weighted by atomic mass is 9.88. The molecule has 0 radical (unpaired) electrons. The maximum Gasteiger partial charge on any atom is 0.223 e. The lowest BCUT2D eigenvalue weighted by molar-refractivity contribution is -0.122. The van der Waals surface area contributed by atoms with Crippen molar-refractivity contribution in [1.82, 2.24) is 4.98 Å². The lowest BCUT2D eigenvalue weighted by Crippen LogP contribution is -2.41. The molecule has 1 saturated carbocycles. The highest BCUT2D eigenvalue weighted by Gasteiger charge is 2.47. The van der Waals surface area contributed by atoms with Crippen molar-refractivity contribution in [3.63, 3.8) is 0 Å². The molecule has 7 heteroatoms. The van der Waals surface area contributed by atoms with Crippen LogP contribution in [0.4, 0.5) is 22.9 Å². The third kappa shape index (κ3) is 3.66. The molecule has 3 aliphatic rings. The van der Waals surface area contributed by atoms with E-state index in [9.17, 15) is 4.79 Å². The number of fused-ring (bicyclic) bond motifs is 3. The molecule has 32 heavy (non-hydrogen) atoms. The van der Waals surface area contributed by atoms with Crippen LogP contribution in [0.25, 0.3) is 0 Å². The number of nitrogen functional groups attached to an aromatic ring is 1. The van der Waals surface area contributed by atoms with Crippen LogP contribution in [0.3, 0.4) is 0 Å². The maximum absolute atomic E-state index is 12.1. The number of nitrogens with two attached hydrogens (primary N) is 2. The van der Waals surface area contributed by atoms with Crippen LogP contribution < -0.4 is 26.8 Å². The summed E-state index contributed by atoms with van der Waals surface area (Å²) in [5.74, 6) is 1.57. The molecule has 1 aromatic carbocycles. The summed E-state index contributed by atoms with van der Waals surface area (Å²) in [5, 5.41) is 6.91. The highest BCUT2D eigenvalue weighted by atomic mass is 16.5. The van der Waals surface area contributed by atoms with Crippen molar-refractivity contribution in [3.05, 3.63) is 47.7 Å². The standard InChI is InChI=1S/C25H31N5O2/c1-32-24-17-6-4-2-3-5-14(17)9-10-19(24)29-21-12-20(18(26)13-28-21)30-23-16-8-7-15(11-16)22(23)25(27)31/h7-10,12-13,15-16,22-23H,2-6,11,26H2,1H3,(H2,27,31)(H2,28,29,30)/t15?,16-,22?,23+/m0/s1. The van der Waals surface area contributed by atoms with Gasteiger partial charge >= 0.3 is 0 Å². The molecule has 2 aromatic rings. The minimum atomic E-state index is -0.264. The Labute approximate surface area is 188 Å². The number of methoxy groups -OCH3 is 1. The van der Waals surface area contributed by atoms with E-state index in [1.165, 1.54) is 30.4 Å². The van der Waals surface area contributed by atoms with Gasteiger partial charge in [-0.25, -0.2) is 4.98 Å². The molecule has 0 aliphatic heterocycles. The van der Waals surface area contributed by atoms with Gasteiger partial charge in [0.15, 0.2) is 0 Å². The number of nitrogens with zero attached hydrogens (tertiary/aromatic N) is 1. The first-order chi connectivity index (χ1) is 15.5. The van der Waals surface area contributed by atoms with E-state index < -0.39 is 0 Å². The van der Waals surface area contributed by atoms with Crippen LogP contribution >= 0.6 is 0 Å². The third-order valence-electron chi connectivity index (χ3n) is 7.24. The summed E-state index contributed by atoms with van der Waals surface area (Å²) in [6.45, 7) is 0. The van der Waals surface area contributed by atoms with E-state index in [1.54, 1.807) is 13.3 Å². The molecule has 4 atom stereocenters. The van der Waals surface area contributed by atoms with Crippen molar-refractivity contribution in [2.24, 2.45) is 23.5 Å². The molecule has 0 saturated heterocycles. The Hall–Kier alpha value is -3.22. The van der Waals surface area contributed by atoms with E-state index in [2.05, 4.69) is 39.9 Å². The lowest BCUT2D eigenvalue weighted by Gasteiger charge is -2.28. The number of amides is 1. The number of rotatable bonds is 6. The van der Waals surface area contributed by atoms with Crippen molar-refractivity contribution >= 4 is 28.8 Å². The maximum atomic E-state index is 12.1. The van der Waals surface area contributed by atoms with Crippen molar-refractivity contribution < 1.29 is 9.53 Å². The zero-order valence-corrected chi connectivity index (χ0v) is 18.4. The number of benzene rings is 1. The van der Waals surface area contributed by atoms with Crippen molar-refractivity contribution in [1.29, 1.82) is 0 Å². The Kier molecular flexibility index (Phi) is 5.41. The van der Waals surface area contributed by atoms with Crippen LogP contribution in [0.1, 0.15) is 36.8 Å². The van der Waals surface area contributed by atoms with Gasteiger partial charge < -0.3 is 26.8 Å². The Morgan fingerprint density at radius 3 is 2.75 bits per heavy atom. The van der Waals surface area contributed by atoms with Crippen molar-refractivity contribution in [2.75, 3.05) is 23.5 Å². The SMILES string of the molecule is COc1c(Nc2cc(N[C@H]3C(C(N)=O)C4C=C[C@H]3C4)c(N)cn2)ccc2c1CCCCC2. The molecule has 1 fully saturated rings. The monoisotopic (exact) mass is 433 g/mol. The van der Waals surface area contributed by atoms with Gasteiger partial charge in [-0.2, -0.15) is 0 Å². The molecule has 2 unspecified atom stereocenters.